The summed E-state index contributed by atoms with van der Waals surface area (Å²) in [5.41, 5.74) is 5.20. The van der Waals surface area contributed by atoms with E-state index in [-0.39, 0.29) is 11.5 Å². The first-order valence-electron chi connectivity index (χ1n) is 5.15. The van der Waals surface area contributed by atoms with Gasteiger partial charge in [-0.3, -0.25) is 4.57 Å². The third-order valence-electron chi connectivity index (χ3n) is 2.83. The van der Waals surface area contributed by atoms with Crippen molar-refractivity contribution in [1.29, 1.82) is 0 Å². The summed E-state index contributed by atoms with van der Waals surface area (Å²) in [6.07, 6.45) is -3.56. The zero-order valence-electron chi connectivity index (χ0n) is 9.17. The highest BCUT2D eigenvalue weighted by molar-refractivity contribution is 5.90. The monoisotopic (exact) mass is 259 g/mol. The van der Waals surface area contributed by atoms with Gasteiger partial charge in [-0.05, 0) is 0 Å². The molecule has 100 valence electrons. The number of carboxylic acids is 1. The summed E-state index contributed by atoms with van der Waals surface area (Å²) < 4.78 is 6.30. The van der Waals surface area contributed by atoms with Gasteiger partial charge in [-0.1, -0.05) is 0 Å². The lowest BCUT2D eigenvalue weighted by Crippen LogP contribution is -2.33. The van der Waals surface area contributed by atoms with Crippen LogP contribution in [0.5, 0.6) is 0 Å². The Bertz CT molecular complexity index is 461. The van der Waals surface area contributed by atoms with Crippen LogP contribution in [0.25, 0.3) is 0 Å². The van der Waals surface area contributed by atoms with E-state index in [1.165, 1.54) is 0 Å². The van der Waals surface area contributed by atoms with E-state index in [2.05, 4.69) is 4.98 Å². The van der Waals surface area contributed by atoms with Crippen LogP contribution in [0.2, 0.25) is 0 Å². The summed E-state index contributed by atoms with van der Waals surface area (Å²) in [6, 6.07) is 0. The highest BCUT2D eigenvalue weighted by atomic mass is 16.6. The number of carboxylic acid groups (broad SMARTS) is 1. The van der Waals surface area contributed by atoms with Crippen LogP contribution in [-0.4, -0.2) is 60.9 Å². The van der Waals surface area contributed by atoms with E-state index in [9.17, 15) is 15.0 Å². The van der Waals surface area contributed by atoms with Gasteiger partial charge in [0.2, 0.25) is 0 Å². The number of aliphatic hydroxyl groups excluding tert-OH is 3. The van der Waals surface area contributed by atoms with Gasteiger partial charge in [0, 0.05) is 0 Å². The van der Waals surface area contributed by atoms with Crippen molar-refractivity contribution in [2.24, 2.45) is 0 Å². The molecule has 0 aromatic carbocycles. The van der Waals surface area contributed by atoms with E-state index in [0.717, 1.165) is 10.9 Å². The van der Waals surface area contributed by atoms with E-state index in [0.29, 0.717) is 0 Å². The number of aromatic nitrogens is 2. The number of hydrogen-bond donors (Lipinski definition) is 5. The van der Waals surface area contributed by atoms with Gasteiger partial charge in [0.15, 0.2) is 11.9 Å². The van der Waals surface area contributed by atoms with Gasteiger partial charge < -0.3 is 30.9 Å². The molecule has 1 aromatic heterocycles. The zero-order valence-corrected chi connectivity index (χ0v) is 9.17. The van der Waals surface area contributed by atoms with Crippen molar-refractivity contribution in [2.45, 2.75) is 24.5 Å². The molecule has 0 spiro atoms. The summed E-state index contributed by atoms with van der Waals surface area (Å²) in [7, 11) is 0. The van der Waals surface area contributed by atoms with E-state index >= 15 is 0 Å². The minimum Gasteiger partial charge on any atom is -0.476 e. The van der Waals surface area contributed by atoms with Crippen molar-refractivity contribution in [3.63, 3.8) is 0 Å². The van der Waals surface area contributed by atoms with E-state index in [1.807, 2.05) is 0 Å². The lowest BCUT2D eigenvalue weighted by molar-refractivity contribution is -0.0518. The maximum atomic E-state index is 10.8. The second-order valence-electron chi connectivity index (χ2n) is 3.92. The molecule has 2 heterocycles. The smallest absolute Gasteiger partial charge is 0.358 e. The summed E-state index contributed by atoms with van der Waals surface area (Å²) in [4.78, 5) is 14.3. The van der Waals surface area contributed by atoms with Crippen molar-refractivity contribution in [1.82, 2.24) is 9.55 Å². The van der Waals surface area contributed by atoms with Crippen molar-refractivity contribution in [2.75, 3.05) is 12.3 Å². The number of carbonyl (C=O) groups is 1. The standard InChI is InChI=1S/C9H13N3O6/c10-7-4(9(16)17)11-2-12(7)8-6(15)5(14)3(1-13)18-8/h2-3,5-6,8,13-15H,1,10H2,(H,16,17). The fourth-order valence-corrected chi connectivity index (χ4v) is 1.85. The third-order valence-corrected chi connectivity index (χ3v) is 2.83. The summed E-state index contributed by atoms with van der Waals surface area (Å²) in [5, 5.41) is 37.0. The van der Waals surface area contributed by atoms with E-state index in [4.69, 9.17) is 20.7 Å². The lowest BCUT2D eigenvalue weighted by atomic mass is 10.1. The molecular formula is C9H13N3O6. The quantitative estimate of drug-likeness (QED) is 0.409. The van der Waals surface area contributed by atoms with Crippen LogP contribution in [0.3, 0.4) is 0 Å². The fraction of sp³-hybridized carbons (Fsp3) is 0.556. The number of hydrogen-bond acceptors (Lipinski definition) is 7. The molecule has 9 nitrogen and oxygen atoms in total. The van der Waals surface area contributed by atoms with Crippen molar-refractivity contribution in [3.05, 3.63) is 12.0 Å². The molecule has 0 radical (unpaired) electrons. The minimum atomic E-state index is -1.33. The Kier molecular flexibility index (Phi) is 3.22. The molecule has 6 N–H and O–H groups in total. The van der Waals surface area contributed by atoms with Crippen LogP contribution in [0.1, 0.15) is 16.7 Å². The number of nitrogens with zero attached hydrogens (tertiary/aromatic N) is 2. The molecule has 4 unspecified atom stereocenters. The normalized spacial score (nSPS) is 31.7. The zero-order chi connectivity index (χ0) is 13.4. The Balaban J connectivity index is 2.30. The Morgan fingerprint density at radius 3 is 2.61 bits per heavy atom. The fourth-order valence-electron chi connectivity index (χ4n) is 1.85. The Morgan fingerprint density at radius 2 is 2.17 bits per heavy atom. The van der Waals surface area contributed by atoms with Crippen LogP contribution in [0.4, 0.5) is 5.82 Å². The van der Waals surface area contributed by atoms with Crippen LogP contribution in [0.15, 0.2) is 6.33 Å². The second kappa shape index (κ2) is 4.53. The van der Waals surface area contributed by atoms with Crippen molar-refractivity contribution < 1.29 is 30.0 Å². The average Bonchev–Trinajstić information content (AvgIpc) is 2.82. The molecule has 1 aliphatic rings. The number of nitrogen functional groups attached to an aromatic ring is 1. The summed E-state index contributed by atoms with van der Waals surface area (Å²) >= 11 is 0. The van der Waals surface area contributed by atoms with Gasteiger partial charge in [-0.2, -0.15) is 0 Å². The van der Waals surface area contributed by atoms with E-state index in [1.54, 1.807) is 0 Å². The molecule has 1 fully saturated rings. The van der Waals surface area contributed by atoms with Crippen molar-refractivity contribution >= 4 is 11.8 Å². The number of anilines is 1. The van der Waals surface area contributed by atoms with Crippen LogP contribution in [0, 0.1) is 0 Å². The van der Waals surface area contributed by atoms with Gasteiger partial charge >= 0.3 is 5.97 Å². The Morgan fingerprint density at radius 1 is 1.50 bits per heavy atom. The van der Waals surface area contributed by atoms with Gasteiger partial charge in [0.05, 0.1) is 12.9 Å². The third kappa shape index (κ3) is 1.82. The Hall–Kier alpha value is -1.68. The first kappa shape index (κ1) is 12.8. The molecule has 18 heavy (non-hydrogen) atoms. The van der Waals surface area contributed by atoms with Crippen LogP contribution >= 0.6 is 0 Å². The number of ether oxygens (including phenoxy) is 1. The molecule has 1 saturated heterocycles. The minimum absolute atomic E-state index is 0.197. The highest BCUT2D eigenvalue weighted by Crippen LogP contribution is 2.31. The van der Waals surface area contributed by atoms with Gasteiger partial charge in [0.25, 0.3) is 0 Å². The predicted octanol–water partition coefficient (Wildman–Crippen LogP) is -2.22. The first-order valence-corrected chi connectivity index (χ1v) is 5.15. The lowest BCUT2D eigenvalue weighted by Gasteiger charge is -2.17. The van der Waals surface area contributed by atoms with E-state index < -0.39 is 37.1 Å². The SMILES string of the molecule is Nc1c(C(=O)O)ncn1C1OC(CO)C(O)C1O. The molecule has 0 saturated carbocycles. The number of imidazole rings is 1. The maximum absolute atomic E-state index is 10.8. The number of nitrogens with two attached hydrogens (primary N) is 1. The molecule has 1 aliphatic heterocycles. The highest BCUT2D eigenvalue weighted by Gasteiger charge is 2.44. The van der Waals surface area contributed by atoms with Crippen LogP contribution in [-0.2, 0) is 4.74 Å². The van der Waals surface area contributed by atoms with Gasteiger partial charge in [-0.25, -0.2) is 9.78 Å². The molecule has 0 amide bonds. The molecule has 1 aromatic rings. The topological polar surface area (TPSA) is 151 Å². The average molecular weight is 259 g/mol. The number of aromatic carboxylic acids is 1. The maximum Gasteiger partial charge on any atom is 0.358 e. The molecular weight excluding hydrogens is 246 g/mol. The predicted molar refractivity (Wildman–Crippen MR) is 56.6 cm³/mol. The van der Waals surface area contributed by atoms with Gasteiger partial charge in [-0.15, -0.1) is 0 Å². The molecule has 0 aliphatic carbocycles. The Labute approximate surface area is 101 Å². The molecule has 9 heteroatoms. The molecule has 4 atom stereocenters. The summed E-state index contributed by atoms with van der Waals surface area (Å²) in [5.74, 6) is -1.50. The number of aliphatic hydroxyl groups is 3. The molecule has 2 rings (SSSR count). The van der Waals surface area contributed by atoms with Gasteiger partial charge in [0.1, 0.15) is 24.1 Å². The van der Waals surface area contributed by atoms with Crippen molar-refractivity contribution in [3.8, 4) is 0 Å². The largest absolute Gasteiger partial charge is 0.476 e. The second-order valence-corrected chi connectivity index (χ2v) is 3.92. The molecule has 0 bridgehead atoms. The first-order chi connectivity index (χ1) is 8.47. The van der Waals surface area contributed by atoms with Crippen LogP contribution < -0.4 is 5.73 Å². The summed E-state index contributed by atoms with van der Waals surface area (Å²) in [6.45, 7) is -0.477. The number of rotatable bonds is 3.